The highest BCUT2D eigenvalue weighted by Crippen LogP contribution is 2.25. The number of nitrogen functional groups attached to an aromatic ring is 3. The van der Waals surface area contributed by atoms with Gasteiger partial charge in [-0.15, -0.1) is 0 Å². The van der Waals surface area contributed by atoms with E-state index in [1.807, 2.05) is 24.3 Å². The summed E-state index contributed by atoms with van der Waals surface area (Å²) in [5.74, 6) is -0.581. The molecule has 4 aromatic rings. The number of hydrogen-bond acceptors (Lipinski definition) is 21. The van der Waals surface area contributed by atoms with Crippen LogP contribution in [0.2, 0.25) is 10.3 Å². The third-order valence-electron chi connectivity index (χ3n) is 15.7. The van der Waals surface area contributed by atoms with Gasteiger partial charge in [0, 0.05) is 51.7 Å². The summed E-state index contributed by atoms with van der Waals surface area (Å²) in [5, 5.41) is 26.1. The largest absolute Gasteiger partial charge is 0.491 e. The number of nitrogens with one attached hydrogen (secondary N) is 2. The lowest BCUT2D eigenvalue weighted by atomic mass is 9.99. The number of carbonyl (C=O) groups excluding carboxylic acids is 4. The first-order chi connectivity index (χ1) is 44.1. The molecule has 10 N–H and O–H groups in total. The Morgan fingerprint density at radius 1 is 0.522 bits per heavy atom. The number of ketones is 2. The highest BCUT2D eigenvalue weighted by molar-refractivity contribution is 6.31. The molecule has 92 heavy (non-hydrogen) atoms. The minimum absolute atomic E-state index is 0.0241. The second-order valence-electron chi connectivity index (χ2n) is 23.6. The van der Waals surface area contributed by atoms with Gasteiger partial charge in [-0.05, 0) is 68.0 Å². The molecule has 2 aromatic carbocycles. The Kier molecular flexibility index (Phi) is 36.8. The lowest BCUT2D eigenvalue weighted by molar-refractivity contribution is -0.916. The summed E-state index contributed by atoms with van der Waals surface area (Å²) in [7, 11) is 8.81. The first-order valence-electron chi connectivity index (χ1n) is 32.0. The molecule has 0 saturated carbocycles. The van der Waals surface area contributed by atoms with E-state index >= 15 is 0 Å². The molecule has 4 atom stereocenters. The van der Waals surface area contributed by atoms with E-state index in [1.165, 1.54) is 11.1 Å². The molecule has 514 valence electrons. The monoisotopic (exact) mass is 1330 g/mol. The number of nitrogens with zero attached hydrogens (tertiary/aromatic N) is 6. The number of benzene rings is 2. The average molecular weight is 1330 g/mol. The number of rotatable bonds is 51. The van der Waals surface area contributed by atoms with Crippen molar-refractivity contribution >= 4 is 64.0 Å². The van der Waals surface area contributed by atoms with E-state index in [4.69, 9.17) is 78.3 Å². The summed E-state index contributed by atoms with van der Waals surface area (Å²) in [5.41, 5.74) is 20.6. The van der Waals surface area contributed by atoms with Gasteiger partial charge in [-0.1, -0.05) is 74.2 Å². The lowest BCUT2D eigenvalue weighted by Gasteiger charge is -2.38. The Morgan fingerprint density at radius 2 is 0.978 bits per heavy atom. The van der Waals surface area contributed by atoms with Crippen LogP contribution in [0.4, 0.5) is 17.5 Å². The molecular weight excluding hydrogens is 1230 g/mol. The number of nitrogens with two attached hydrogens (primary N) is 3. The number of aliphatic hydroxyl groups is 2. The van der Waals surface area contributed by atoms with Gasteiger partial charge in [0.2, 0.25) is 0 Å². The normalized spacial score (nSPS) is 13.1. The predicted molar refractivity (Wildman–Crippen MR) is 354 cm³/mol. The fourth-order valence-electron chi connectivity index (χ4n) is 10.2. The molecule has 2 heterocycles. The van der Waals surface area contributed by atoms with Crippen LogP contribution in [-0.4, -0.2) is 234 Å². The standard InChI is InChI=1S/C65H101Cl2N11O14/c1-8-13-49(22-27-53(79)55-61(68)73-46(3)59(66)74-55)77(4,5)29-10-15-47-18-23-51(24-19-47)91-44-42-90-40-38-88-36-34-86-32-28-71-65(84)58(82)57(81)54(80)17-12-31-85-33-35-87-37-39-89-41-43-92-52-25-20-48(21-26-52)16-11-30-78(6,7)50(14-9-2)45-72-64(83)56-62(69)76-63(70)60(67)75-56/h18-21,23-26,49-50,57-58,81-82H,8-17,22,27-45H2,1-7H3,(H6-2,68,69,70,71,72,73,76,79,83,84)/p+2/t49-,50-,57?,58?/m0/s1. The number of halogens is 2. The number of aryl methyl sites for hydroxylation is 3. The Hall–Kier alpha value is -5.94. The minimum Gasteiger partial charge on any atom is -0.491 e. The zero-order chi connectivity index (χ0) is 67.3. The Labute approximate surface area is 553 Å². The van der Waals surface area contributed by atoms with Crippen LogP contribution in [0.1, 0.15) is 116 Å². The first kappa shape index (κ1) is 78.5. The van der Waals surface area contributed by atoms with Crippen LogP contribution in [0.15, 0.2) is 48.5 Å². The van der Waals surface area contributed by atoms with Gasteiger partial charge in [0.15, 0.2) is 51.1 Å². The molecule has 0 radical (unpaired) electrons. The van der Waals surface area contributed by atoms with Gasteiger partial charge in [-0.25, -0.2) is 19.9 Å². The lowest BCUT2D eigenvalue weighted by Crippen LogP contribution is -2.54. The molecule has 2 aromatic heterocycles. The molecule has 4 rings (SSSR count). The number of aromatic nitrogens is 4. The van der Waals surface area contributed by atoms with Crippen molar-refractivity contribution in [2.75, 3.05) is 164 Å². The van der Waals surface area contributed by atoms with Crippen molar-refractivity contribution in [1.29, 1.82) is 0 Å². The molecule has 0 fully saturated rings. The SMILES string of the molecule is CCC[C@@H](CCC(=O)c1nc(Cl)c(C)nc1N)[N+](C)(C)CCCc1ccc(OCCOCCOCCOCCNC(=O)C(O)C(O)C(=O)CCCOCCOCCOCCOc2ccc(CCC[N+](C)(C)[C@@H](CCC)CNC(=O)c3nc(Cl)c(N)nc3N)cc2)cc1. The number of hydrogen-bond donors (Lipinski definition) is 7. The van der Waals surface area contributed by atoms with E-state index in [-0.39, 0.29) is 83.8 Å². The second-order valence-corrected chi connectivity index (χ2v) is 24.4. The van der Waals surface area contributed by atoms with E-state index in [0.717, 1.165) is 91.3 Å². The van der Waals surface area contributed by atoms with Gasteiger partial charge in [-0.2, -0.15) is 0 Å². The van der Waals surface area contributed by atoms with Crippen LogP contribution in [0.25, 0.3) is 0 Å². The third-order valence-corrected chi connectivity index (χ3v) is 16.4. The van der Waals surface area contributed by atoms with Crippen molar-refractivity contribution in [3.05, 3.63) is 87.0 Å². The molecule has 27 heteroatoms. The Balaban J connectivity index is 0.906. The zero-order valence-electron chi connectivity index (χ0n) is 55.1. The molecule has 0 aliphatic heterocycles. The van der Waals surface area contributed by atoms with Crippen molar-refractivity contribution in [3.8, 4) is 11.5 Å². The van der Waals surface area contributed by atoms with Crippen LogP contribution in [-0.2, 0) is 50.9 Å². The maximum Gasteiger partial charge on any atom is 0.274 e. The van der Waals surface area contributed by atoms with E-state index in [0.29, 0.717) is 104 Å². The summed E-state index contributed by atoms with van der Waals surface area (Å²) in [6, 6.07) is 16.6. The maximum absolute atomic E-state index is 13.0. The highest BCUT2D eigenvalue weighted by atomic mass is 35.5. The van der Waals surface area contributed by atoms with Gasteiger partial charge < -0.3 is 84.9 Å². The van der Waals surface area contributed by atoms with Crippen LogP contribution in [0, 0.1) is 6.92 Å². The van der Waals surface area contributed by atoms with E-state index < -0.39 is 29.8 Å². The predicted octanol–water partition coefficient (Wildman–Crippen LogP) is 5.82. The van der Waals surface area contributed by atoms with Gasteiger partial charge in [0.25, 0.3) is 11.8 Å². The van der Waals surface area contributed by atoms with Gasteiger partial charge in [0.05, 0.1) is 132 Å². The molecule has 2 unspecified atom stereocenters. The summed E-state index contributed by atoms with van der Waals surface area (Å²) in [6.45, 7) is 13.0. The van der Waals surface area contributed by atoms with Crippen molar-refractivity contribution in [2.24, 2.45) is 0 Å². The number of amides is 2. The minimum atomic E-state index is -1.92. The van der Waals surface area contributed by atoms with Crippen LogP contribution in [0.5, 0.6) is 11.5 Å². The van der Waals surface area contributed by atoms with Gasteiger partial charge in [-0.3, -0.25) is 19.2 Å². The number of Topliss-reactive ketones (excluding diaryl/α,β-unsaturated/α-hetero) is 2. The van der Waals surface area contributed by atoms with Crippen LogP contribution in [0.3, 0.4) is 0 Å². The fourth-order valence-corrected chi connectivity index (χ4v) is 10.4. The summed E-state index contributed by atoms with van der Waals surface area (Å²) >= 11 is 12.1. The number of anilines is 3. The molecule has 0 aliphatic carbocycles. The third kappa shape index (κ3) is 29.6. The molecule has 0 spiro atoms. The fraction of sp³-hybridized carbons (Fsp3) is 0.631. The van der Waals surface area contributed by atoms with Crippen molar-refractivity contribution in [1.82, 2.24) is 30.6 Å². The first-order valence-corrected chi connectivity index (χ1v) is 32.7. The Morgan fingerprint density at radius 3 is 1.50 bits per heavy atom. The maximum atomic E-state index is 13.0. The average Bonchev–Trinajstić information content (AvgIpc) is 1.05. The number of ether oxygens (including phenoxy) is 8. The number of aliphatic hydroxyl groups excluding tert-OH is 2. The second kappa shape index (κ2) is 43.1. The van der Waals surface area contributed by atoms with Crippen LogP contribution < -0.4 is 37.3 Å². The molecule has 2 amide bonds. The van der Waals surface area contributed by atoms with E-state index in [9.17, 15) is 29.4 Å². The smallest absolute Gasteiger partial charge is 0.274 e. The number of quaternary nitrogens is 2. The summed E-state index contributed by atoms with van der Waals surface area (Å²) < 4.78 is 46.6. The van der Waals surface area contributed by atoms with E-state index in [1.54, 1.807) is 6.92 Å². The van der Waals surface area contributed by atoms with Crippen LogP contribution >= 0.6 is 23.2 Å². The topological polar surface area (TPSA) is 336 Å². The summed E-state index contributed by atoms with van der Waals surface area (Å²) in [4.78, 5) is 67.0. The summed E-state index contributed by atoms with van der Waals surface area (Å²) in [6.07, 6.45) is 5.16. The van der Waals surface area contributed by atoms with Gasteiger partial charge in [0.1, 0.15) is 42.6 Å². The molecular formula is C65H103Cl2N11O14+2. The van der Waals surface area contributed by atoms with Crippen molar-refractivity contribution in [3.63, 3.8) is 0 Å². The van der Waals surface area contributed by atoms with Gasteiger partial charge >= 0.3 is 0 Å². The van der Waals surface area contributed by atoms with Crippen molar-refractivity contribution < 1.29 is 76.3 Å². The molecule has 25 nitrogen and oxygen atoms in total. The van der Waals surface area contributed by atoms with Crippen molar-refractivity contribution in [2.45, 2.75) is 122 Å². The zero-order valence-corrected chi connectivity index (χ0v) is 56.6. The number of carbonyl (C=O) groups is 4. The molecule has 0 bridgehead atoms. The molecule has 0 saturated heterocycles. The molecule has 0 aliphatic rings. The quantitative estimate of drug-likeness (QED) is 0.0155. The van der Waals surface area contributed by atoms with E-state index in [2.05, 4.69) is 96.9 Å². The highest BCUT2D eigenvalue weighted by Gasteiger charge is 2.32. The Bertz CT molecular complexity index is 2620. The number of likely N-dealkylation sites (N-methyl/N-ethyl adjacent to an activating group) is 1.